The van der Waals surface area contributed by atoms with Crippen LogP contribution in [0.15, 0.2) is 48.5 Å². The molecule has 2 aromatic carbocycles. The van der Waals surface area contributed by atoms with Gasteiger partial charge in [-0.25, -0.2) is 0 Å². The molecule has 4 heteroatoms. The molecule has 118 valence electrons. The molecule has 0 aromatic heterocycles. The molecule has 3 rings (SSSR count). The highest BCUT2D eigenvalue weighted by atomic mass is 16.2. The van der Waals surface area contributed by atoms with Gasteiger partial charge in [0.1, 0.15) is 6.04 Å². The van der Waals surface area contributed by atoms with E-state index in [4.69, 9.17) is 0 Å². The lowest BCUT2D eigenvalue weighted by Gasteiger charge is -2.23. The van der Waals surface area contributed by atoms with Gasteiger partial charge in [-0.15, -0.1) is 0 Å². The first-order chi connectivity index (χ1) is 11.1. The summed E-state index contributed by atoms with van der Waals surface area (Å²) in [6, 6.07) is 15.3. The van der Waals surface area contributed by atoms with E-state index < -0.39 is 6.04 Å². The number of para-hydroxylation sites is 1. The van der Waals surface area contributed by atoms with Gasteiger partial charge in [0.05, 0.1) is 0 Å². The largest absolute Gasteiger partial charge is 0.350 e. The van der Waals surface area contributed by atoms with Gasteiger partial charge in [0.15, 0.2) is 0 Å². The van der Waals surface area contributed by atoms with E-state index in [2.05, 4.69) is 5.32 Å². The van der Waals surface area contributed by atoms with Crippen LogP contribution in [0.25, 0.3) is 0 Å². The molecule has 4 nitrogen and oxygen atoms in total. The molecule has 0 bridgehead atoms. The molecule has 1 aliphatic rings. The third-order valence-corrected chi connectivity index (χ3v) is 4.21. The molecule has 2 amide bonds. The van der Waals surface area contributed by atoms with Crippen LogP contribution in [0.2, 0.25) is 0 Å². The highest BCUT2D eigenvalue weighted by Gasteiger charge is 2.36. The quantitative estimate of drug-likeness (QED) is 0.947. The predicted octanol–water partition coefficient (Wildman–Crippen LogP) is 2.59. The summed E-state index contributed by atoms with van der Waals surface area (Å²) >= 11 is 0. The Hall–Kier alpha value is -2.62. The van der Waals surface area contributed by atoms with E-state index in [0.717, 1.165) is 16.8 Å². The topological polar surface area (TPSA) is 49.4 Å². The average molecular weight is 308 g/mol. The number of benzene rings is 2. The number of carbonyl (C=O) groups excluding carboxylic acids is 2. The number of hydrogen-bond donors (Lipinski definition) is 1. The van der Waals surface area contributed by atoms with Gasteiger partial charge in [0.2, 0.25) is 11.8 Å². The molecule has 1 heterocycles. The summed E-state index contributed by atoms with van der Waals surface area (Å²) in [7, 11) is 0. The Morgan fingerprint density at radius 1 is 1.13 bits per heavy atom. The molecule has 0 radical (unpaired) electrons. The first kappa shape index (κ1) is 15.3. The molecule has 0 saturated carbocycles. The molecule has 0 spiro atoms. The van der Waals surface area contributed by atoms with Crippen molar-refractivity contribution < 1.29 is 9.59 Å². The van der Waals surface area contributed by atoms with Gasteiger partial charge in [-0.3, -0.25) is 14.5 Å². The zero-order valence-electron chi connectivity index (χ0n) is 13.4. The molecule has 23 heavy (non-hydrogen) atoms. The molecule has 2 aromatic rings. The highest BCUT2D eigenvalue weighted by Crippen LogP contribution is 2.32. The van der Waals surface area contributed by atoms with Crippen LogP contribution in [0.1, 0.15) is 23.6 Å². The van der Waals surface area contributed by atoms with Gasteiger partial charge >= 0.3 is 0 Å². The fourth-order valence-corrected chi connectivity index (χ4v) is 3.00. The fourth-order valence-electron chi connectivity index (χ4n) is 3.00. The van der Waals surface area contributed by atoms with Gasteiger partial charge in [0.25, 0.3) is 0 Å². The number of amides is 2. The maximum atomic E-state index is 12.6. The Morgan fingerprint density at radius 3 is 2.52 bits per heavy atom. The van der Waals surface area contributed by atoms with Crippen molar-refractivity contribution in [3.63, 3.8) is 0 Å². The first-order valence-electron chi connectivity index (χ1n) is 7.77. The highest BCUT2D eigenvalue weighted by molar-refractivity contribution is 6.02. The second kappa shape index (κ2) is 6.24. The SMILES string of the molecule is CC(=O)N1c2ccccc2C[C@@H]1C(=O)NCc1ccc(C)cc1. The van der Waals surface area contributed by atoms with Gasteiger partial charge in [-0.05, 0) is 24.1 Å². The molecular formula is C19H20N2O2. The summed E-state index contributed by atoms with van der Waals surface area (Å²) in [5.74, 6) is -0.220. The number of carbonyl (C=O) groups is 2. The minimum absolute atomic E-state index is 0.106. The molecule has 0 aliphatic carbocycles. The van der Waals surface area contributed by atoms with Crippen molar-refractivity contribution in [2.24, 2.45) is 0 Å². The van der Waals surface area contributed by atoms with Crippen molar-refractivity contribution in [2.75, 3.05) is 4.90 Å². The van der Waals surface area contributed by atoms with E-state index in [1.807, 2.05) is 55.5 Å². The predicted molar refractivity (Wildman–Crippen MR) is 90.1 cm³/mol. The molecule has 1 aliphatic heterocycles. The van der Waals surface area contributed by atoms with E-state index in [1.165, 1.54) is 12.5 Å². The average Bonchev–Trinajstić information content (AvgIpc) is 2.93. The second-order valence-electron chi connectivity index (χ2n) is 5.94. The number of nitrogens with one attached hydrogen (secondary N) is 1. The summed E-state index contributed by atoms with van der Waals surface area (Å²) in [6.45, 7) is 4.00. The summed E-state index contributed by atoms with van der Waals surface area (Å²) in [4.78, 5) is 26.1. The van der Waals surface area contributed by atoms with Crippen LogP contribution < -0.4 is 10.2 Å². The third-order valence-electron chi connectivity index (χ3n) is 4.21. The normalized spacial score (nSPS) is 16.1. The van der Waals surface area contributed by atoms with Crippen LogP contribution in [0, 0.1) is 6.92 Å². The van der Waals surface area contributed by atoms with E-state index >= 15 is 0 Å². The smallest absolute Gasteiger partial charge is 0.243 e. The van der Waals surface area contributed by atoms with E-state index in [0.29, 0.717) is 13.0 Å². The molecule has 0 unspecified atom stereocenters. The van der Waals surface area contributed by atoms with Crippen LogP contribution in [0.5, 0.6) is 0 Å². The molecule has 0 saturated heterocycles. The van der Waals surface area contributed by atoms with E-state index in [9.17, 15) is 9.59 Å². The number of nitrogens with zero attached hydrogens (tertiary/aromatic N) is 1. The van der Waals surface area contributed by atoms with Crippen LogP contribution in [0.4, 0.5) is 5.69 Å². The maximum Gasteiger partial charge on any atom is 0.243 e. The lowest BCUT2D eigenvalue weighted by molar-refractivity contribution is -0.125. The van der Waals surface area contributed by atoms with Crippen LogP contribution in [-0.4, -0.2) is 17.9 Å². The summed E-state index contributed by atoms with van der Waals surface area (Å²) in [5, 5.41) is 2.95. The molecular weight excluding hydrogens is 288 g/mol. The number of aryl methyl sites for hydroxylation is 1. The number of hydrogen-bond acceptors (Lipinski definition) is 2. The molecule has 1 N–H and O–H groups in total. The van der Waals surface area contributed by atoms with Gasteiger partial charge < -0.3 is 5.32 Å². The minimum Gasteiger partial charge on any atom is -0.350 e. The zero-order chi connectivity index (χ0) is 16.4. The monoisotopic (exact) mass is 308 g/mol. The van der Waals surface area contributed by atoms with Crippen molar-refractivity contribution in [1.29, 1.82) is 0 Å². The van der Waals surface area contributed by atoms with Crippen molar-refractivity contribution >= 4 is 17.5 Å². The van der Waals surface area contributed by atoms with Gasteiger partial charge in [0, 0.05) is 25.6 Å². The summed E-state index contributed by atoms with van der Waals surface area (Å²) in [5.41, 5.74) is 4.12. The zero-order valence-corrected chi connectivity index (χ0v) is 13.4. The Morgan fingerprint density at radius 2 is 1.83 bits per heavy atom. The number of rotatable bonds is 3. The van der Waals surface area contributed by atoms with E-state index in [-0.39, 0.29) is 11.8 Å². The molecule has 1 atom stereocenters. The number of anilines is 1. The van der Waals surface area contributed by atoms with Crippen molar-refractivity contribution in [1.82, 2.24) is 5.32 Å². The van der Waals surface area contributed by atoms with Crippen LogP contribution in [0.3, 0.4) is 0 Å². The third kappa shape index (κ3) is 3.11. The fraction of sp³-hybridized carbons (Fsp3) is 0.263. The Kier molecular flexibility index (Phi) is 4.15. The standard InChI is InChI=1S/C19H20N2O2/c1-13-7-9-15(10-8-13)12-20-19(23)18-11-16-5-3-4-6-17(16)21(18)14(2)22/h3-10,18H,11-12H2,1-2H3,(H,20,23)/t18-/m1/s1. The van der Waals surface area contributed by atoms with E-state index in [1.54, 1.807) is 4.90 Å². The first-order valence-corrected chi connectivity index (χ1v) is 7.77. The van der Waals surface area contributed by atoms with Gasteiger partial charge in [-0.1, -0.05) is 48.0 Å². The summed E-state index contributed by atoms with van der Waals surface area (Å²) < 4.78 is 0. The van der Waals surface area contributed by atoms with Crippen LogP contribution in [-0.2, 0) is 22.6 Å². The Bertz CT molecular complexity index is 737. The van der Waals surface area contributed by atoms with Gasteiger partial charge in [-0.2, -0.15) is 0 Å². The molecule has 0 fully saturated rings. The minimum atomic E-state index is -0.463. The van der Waals surface area contributed by atoms with Crippen molar-refractivity contribution in [3.8, 4) is 0 Å². The Labute approximate surface area is 136 Å². The van der Waals surface area contributed by atoms with Crippen molar-refractivity contribution in [2.45, 2.75) is 32.9 Å². The van der Waals surface area contributed by atoms with Crippen LogP contribution >= 0.6 is 0 Å². The lowest BCUT2D eigenvalue weighted by Crippen LogP contribution is -2.47. The maximum absolute atomic E-state index is 12.6. The number of fused-ring (bicyclic) bond motifs is 1. The Balaban J connectivity index is 1.72. The second-order valence-corrected chi connectivity index (χ2v) is 5.94. The summed E-state index contributed by atoms with van der Waals surface area (Å²) in [6.07, 6.45) is 0.565. The lowest BCUT2D eigenvalue weighted by atomic mass is 10.1. The van der Waals surface area contributed by atoms with Crippen molar-refractivity contribution in [3.05, 3.63) is 65.2 Å².